The first-order chi connectivity index (χ1) is 8.25. The van der Waals surface area contributed by atoms with Crippen LogP contribution in [-0.4, -0.2) is 69.8 Å². The summed E-state index contributed by atoms with van der Waals surface area (Å²) in [6.07, 6.45) is 0. The van der Waals surface area contributed by atoms with Crippen LogP contribution < -0.4 is 5.32 Å². The molecule has 0 fully saturated rings. The normalized spacial score (nSPS) is 14.2. The lowest BCUT2D eigenvalue weighted by Gasteiger charge is -2.24. The van der Waals surface area contributed by atoms with Crippen molar-refractivity contribution in [1.29, 1.82) is 0 Å². The molecular weight excluding hydrogens is 244 g/mol. The average molecular weight is 262 g/mol. The number of hydrogen-bond acceptors (Lipinski definition) is 5. The molecule has 104 valence electrons. The Balaban J connectivity index is 4.29. The van der Waals surface area contributed by atoms with Crippen molar-refractivity contribution in [3.8, 4) is 0 Å². The minimum atomic E-state index is -1.13. The van der Waals surface area contributed by atoms with Crippen molar-refractivity contribution in [3.05, 3.63) is 0 Å². The van der Waals surface area contributed by atoms with Crippen LogP contribution in [0.3, 0.4) is 0 Å². The summed E-state index contributed by atoms with van der Waals surface area (Å²) in [7, 11) is 0. The van der Waals surface area contributed by atoms with Crippen LogP contribution in [0.1, 0.15) is 13.8 Å². The van der Waals surface area contributed by atoms with Crippen LogP contribution in [0.2, 0.25) is 0 Å². The van der Waals surface area contributed by atoms with Gasteiger partial charge < -0.3 is 20.6 Å². The van der Waals surface area contributed by atoms with Crippen LogP contribution in [0.25, 0.3) is 0 Å². The highest BCUT2D eigenvalue weighted by molar-refractivity contribution is 5.75. The quantitative estimate of drug-likeness (QED) is 0.413. The number of carbonyl (C=O) groups is 3. The second-order valence-electron chi connectivity index (χ2n) is 3.89. The number of aliphatic carboxylic acids is 3. The number of nitrogens with one attached hydrogen (secondary N) is 1. The molecule has 0 aromatic carbocycles. The van der Waals surface area contributed by atoms with E-state index in [1.54, 1.807) is 0 Å². The van der Waals surface area contributed by atoms with Gasteiger partial charge >= 0.3 is 17.9 Å². The van der Waals surface area contributed by atoms with Gasteiger partial charge in [-0.3, -0.25) is 19.3 Å². The fourth-order valence-corrected chi connectivity index (χ4v) is 1.25. The Hall–Kier alpha value is -1.67. The van der Waals surface area contributed by atoms with Gasteiger partial charge in [0.05, 0.1) is 6.54 Å². The van der Waals surface area contributed by atoms with Crippen molar-refractivity contribution in [1.82, 2.24) is 10.2 Å². The van der Waals surface area contributed by atoms with E-state index in [9.17, 15) is 14.4 Å². The molecule has 2 unspecified atom stereocenters. The van der Waals surface area contributed by atoms with Gasteiger partial charge in [0.1, 0.15) is 12.1 Å². The number of rotatable bonds is 9. The lowest BCUT2D eigenvalue weighted by atomic mass is 10.2. The van der Waals surface area contributed by atoms with Gasteiger partial charge in [0, 0.05) is 13.1 Å². The topological polar surface area (TPSA) is 127 Å². The molecule has 18 heavy (non-hydrogen) atoms. The van der Waals surface area contributed by atoms with Crippen LogP contribution in [0.15, 0.2) is 0 Å². The molecule has 4 N–H and O–H groups in total. The summed E-state index contributed by atoms with van der Waals surface area (Å²) in [5.74, 6) is -3.28. The van der Waals surface area contributed by atoms with Gasteiger partial charge in [-0.05, 0) is 13.8 Å². The molecule has 0 aliphatic rings. The summed E-state index contributed by atoms with van der Waals surface area (Å²) in [4.78, 5) is 33.1. The van der Waals surface area contributed by atoms with Gasteiger partial charge in [-0.1, -0.05) is 0 Å². The van der Waals surface area contributed by atoms with E-state index in [4.69, 9.17) is 15.3 Å². The van der Waals surface area contributed by atoms with Gasteiger partial charge in [-0.2, -0.15) is 0 Å². The first-order valence-corrected chi connectivity index (χ1v) is 5.40. The summed E-state index contributed by atoms with van der Waals surface area (Å²) in [6, 6.07) is -1.71. The smallest absolute Gasteiger partial charge is 0.320 e. The molecule has 0 aliphatic carbocycles. The third-order valence-electron chi connectivity index (χ3n) is 2.46. The minimum absolute atomic E-state index is 0.136. The SMILES string of the molecule is CC(NCCN(CC(=O)O)C(C)C(=O)O)C(=O)O. The molecule has 0 heterocycles. The van der Waals surface area contributed by atoms with Gasteiger partial charge in [-0.15, -0.1) is 0 Å². The predicted octanol–water partition coefficient (Wildman–Crippen LogP) is -1.09. The van der Waals surface area contributed by atoms with Gasteiger partial charge in [-0.25, -0.2) is 0 Å². The molecule has 0 rings (SSSR count). The van der Waals surface area contributed by atoms with E-state index < -0.39 is 36.5 Å². The average Bonchev–Trinajstić information content (AvgIpc) is 2.25. The lowest BCUT2D eigenvalue weighted by Crippen LogP contribution is -2.47. The number of hydrogen-bond donors (Lipinski definition) is 4. The van der Waals surface area contributed by atoms with E-state index in [0.717, 1.165) is 0 Å². The van der Waals surface area contributed by atoms with E-state index in [1.165, 1.54) is 18.7 Å². The van der Waals surface area contributed by atoms with Crippen LogP contribution >= 0.6 is 0 Å². The predicted molar refractivity (Wildman–Crippen MR) is 61.4 cm³/mol. The Labute approximate surface area is 104 Å². The largest absolute Gasteiger partial charge is 0.480 e. The van der Waals surface area contributed by atoms with Crippen LogP contribution in [0, 0.1) is 0 Å². The lowest BCUT2D eigenvalue weighted by molar-refractivity contribution is -0.146. The molecule has 0 aliphatic heterocycles. The highest BCUT2D eigenvalue weighted by atomic mass is 16.4. The molecule has 0 radical (unpaired) electrons. The number of carboxylic acid groups (broad SMARTS) is 3. The highest BCUT2D eigenvalue weighted by Crippen LogP contribution is 1.98. The zero-order chi connectivity index (χ0) is 14.3. The summed E-state index contributed by atoms with van der Waals surface area (Å²) >= 11 is 0. The van der Waals surface area contributed by atoms with E-state index in [1.807, 2.05) is 0 Å². The first kappa shape index (κ1) is 16.3. The number of nitrogens with zero attached hydrogens (tertiary/aromatic N) is 1. The summed E-state index contributed by atoms with van der Waals surface area (Å²) < 4.78 is 0. The van der Waals surface area contributed by atoms with Crippen molar-refractivity contribution in [2.75, 3.05) is 19.6 Å². The van der Waals surface area contributed by atoms with Crippen LogP contribution in [0.4, 0.5) is 0 Å². The zero-order valence-corrected chi connectivity index (χ0v) is 10.3. The fourth-order valence-electron chi connectivity index (χ4n) is 1.25. The molecule has 0 saturated carbocycles. The first-order valence-electron chi connectivity index (χ1n) is 5.40. The standard InChI is InChI=1S/C10H18N2O6/c1-6(9(15)16)11-3-4-12(5-8(13)14)7(2)10(17)18/h6-7,11H,3-5H2,1-2H3,(H,13,14)(H,15,16)(H,17,18). The Morgan fingerprint density at radius 1 is 1.11 bits per heavy atom. The van der Waals surface area contributed by atoms with E-state index in [-0.39, 0.29) is 13.1 Å². The molecule has 8 heteroatoms. The van der Waals surface area contributed by atoms with Gasteiger partial charge in [0.2, 0.25) is 0 Å². The number of carboxylic acids is 3. The van der Waals surface area contributed by atoms with Crippen LogP contribution in [-0.2, 0) is 14.4 Å². The minimum Gasteiger partial charge on any atom is -0.480 e. The third kappa shape index (κ3) is 6.16. The Morgan fingerprint density at radius 3 is 2.06 bits per heavy atom. The van der Waals surface area contributed by atoms with Crippen molar-refractivity contribution in [3.63, 3.8) is 0 Å². The van der Waals surface area contributed by atoms with Gasteiger partial charge in [0.25, 0.3) is 0 Å². The maximum Gasteiger partial charge on any atom is 0.320 e. The molecule has 0 saturated heterocycles. The highest BCUT2D eigenvalue weighted by Gasteiger charge is 2.22. The summed E-state index contributed by atoms with van der Waals surface area (Å²) in [6.45, 7) is 2.75. The Bertz CT molecular complexity index is 319. The third-order valence-corrected chi connectivity index (χ3v) is 2.46. The summed E-state index contributed by atoms with van der Waals surface area (Å²) in [5, 5.41) is 28.8. The van der Waals surface area contributed by atoms with Crippen molar-refractivity contribution in [2.45, 2.75) is 25.9 Å². The molecule has 2 atom stereocenters. The van der Waals surface area contributed by atoms with Gasteiger partial charge in [0.15, 0.2) is 0 Å². The molecule has 0 aromatic rings. The zero-order valence-electron chi connectivity index (χ0n) is 10.3. The molecule has 8 nitrogen and oxygen atoms in total. The van der Waals surface area contributed by atoms with Crippen molar-refractivity contribution >= 4 is 17.9 Å². The van der Waals surface area contributed by atoms with E-state index in [0.29, 0.717) is 0 Å². The maximum absolute atomic E-state index is 10.8. The molecule has 0 bridgehead atoms. The maximum atomic E-state index is 10.8. The Kier molecular flexibility index (Phi) is 6.91. The fraction of sp³-hybridized carbons (Fsp3) is 0.700. The van der Waals surface area contributed by atoms with Crippen molar-refractivity contribution in [2.24, 2.45) is 0 Å². The second-order valence-corrected chi connectivity index (χ2v) is 3.89. The molecule has 0 amide bonds. The monoisotopic (exact) mass is 262 g/mol. The molecular formula is C10H18N2O6. The Morgan fingerprint density at radius 2 is 1.67 bits per heavy atom. The van der Waals surface area contributed by atoms with Crippen molar-refractivity contribution < 1.29 is 29.7 Å². The second kappa shape index (κ2) is 7.62. The summed E-state index contributed by atoms with van der Waals surface area (Å²) in [5.41, 5.74) is 0. The van der Waals surface area contributed by atoms with Crippen LogP contribution in [0.5, 0.6) is 0 Å². The van der Waals surface area contributed by atoms with E-state index in [2.05, 4.69) is 5.32 Å². The van der Waals surface area contributed by atoms with E-state index >= 15 is 0 Å². The molecule has 0 aromatic heterocycles. The molecule has 0 spiro atoms.